The molecule has 0 aliphatic rings. The number of furan rings is 1. The van der Waals surface area contributed by atoms with Crippen molar-refractivity contribution < 1.29 is 17.9 Å². The maximum Gasteiger partial charge on any atom is 0.215 e. The molecule has 7 heteroatoms. The molecule has 2 heterocycles. The number of fused-ring (bicyclic) bond motifs is 1. The van der Waals surface area contributed by atoms with Crippen LogP contribution in [0, 0.1) is 11.6 Å². The van der Waals surface area contributed by atoms with Gasteiger partial charge in [-0.3, -0.25) is 4.98 Å². The molecule has 0 aliphatic carbocycles. The molecular weight excluding hydrogens is 352 g/mol. The Balaban J connectivity index is 2.03. The summed E-state index contributed by atoms with van der Waals surface area (Å²) in [6, 6.07) is 10.9. The number of aromatic nitrogens is 1. The number of halogens is 2. The van der Waals surface area contributed by atoms with Gasteiger partial charge < -0.3 is 20.6 Å². The summed E-state index contributed by atoms with van der Waals surface area (Å²) in [4.78, 5) is 4.47. The summed E-state index contributed by atoms with van der Waals surface area (Å²) >= 11 is 0. The molecule has 2 aromatic carbocycles. The number of pyridine rings is 1. The number of rotatable bonds is 3. The lowest BCUT2D eigenvalue weighted by molar-refractivity contribution is 0.416. The summed E-state index contributed by atoms with van der Waals surface area (Å²) in [5, 5.41) is 0.481. The van der Waals surface area contributed by atoms with Crippen LogP contribution in [0.15, 0.2) is 53.1 Å². The molecule has 5 nitrogen and oxygen atoms in total. The fourth-order valence-electron chi connectivity index (χ4n) is 3.06. The Hall–Kier alpha value is -3.61. The van der Waals surface area contributed by atoms with Crippen LogP contribution in [0.25, 0.3) is 33.4 Å². The second-order valence-corrected chi connectivity index (χ2v) is 5.93. The number of nitrogen functional groups attached to an aromatic ring is 2. The third kappa shape index (κ3) is 2.64. The van der Waals surface area contributed by atoms with Crippen LogP contribution in [0.5, 0.6) is 5.75 Å². The molecule has 0 radical (unpaired) electrons. The first-order chi connectivity index (χ1) is 13.0. The van der Waals surface area contributed by atoms with Crippen LogP contribution in [0.2, 0.25) is 0 Å². The molecule has 0 atom stereocenters. The minimum absolute atomic E-state index is 0.0259. The van der Waals surface area contributed by atoms with E-state index in [0.717, 1.165) is 12.1 Å². The Morgan fingerprint density at radius 2 is 1.78 bits per heavy atom. The highest BCUT2D eigenvalue weighted by atomic mass is 19.2. The number of benzene rings is 2. The minimum atomic E-state index is -0.968. The maximum atomic E-state index is 13.7. The number of hydrogen-bond donors (Lipinski definition) is 2. The Bertz CT molecular complexity index is 1170. The quantitative estimate of drug-likeness (QED) is 0.552. The average Bonchev–Trinajstić information content (AvgIpc) is 2.98. The van der Waals surface area contributed by atoms with Gasteiger partial charge in [0.25, 0.3) is 0 Å². The molecule has 27 heavy (non-hydrogen) atoms. The van der Waals surface area contributed by atoms with E-state index in [4.69, 9.17) is 20.6 Å². The fourth-order valence-corrected chi connectivity index (χ4v) is 3.06. The van der Waals surface area contributed by atoms with Gasteiger partial charge in [0.15, 0.2) is 17.2 Å². The van der Waals surface area contributed by atoms with Gasteiger partial charge in [0, 0.05) is 17.3 Å². The molecule has 136 valence electrons. The van der Waals surface area contributed by atoms with Gasteiger partial charge >= 0.3 is 0 Å². The molecular formula is C20H15F2N3O2. The lowest BCUT2D eigenvalue weighted by Crippen LogP contribution is -1.94. The standard InChI is InChI=1S/C20H15F2N3O2/c1-26-15-5-3-2-4-11(15)18-19-16(17(23)20(24)27-19)12(9-25-18)10-6-7-13(21)14(22)8-10/h2-9H,23-24H2,1H3. The molecule has 0 spiro atoms. The van der Waals surface area contributed by atoms with Gasteiger partial charge in [0.05, 0.1) is 12.5 Å². The summed E-state index contributed by atoms with van der Waals surface area (Å²) in [6.45, 7) is 0. The smallest absolute Gasteiger partial charge is 0.215 e. The van der Waals surface area contributed by atoms with Crippen molar-refractivity contribution in [2.45, 2.75) is 0 Å². The second kappa shape index (κ2) is 6.28. The third-order valence-corrected chi connectivity index (χ3v) is 4.37. The van der Waals surface area contributed by atoms with Crippen molar-refractivity contribution in [3.8, 4) is 28.1 Å². The topological polar surface area (TPSA) is 87.3 Å². The van der Waals surface area contributed by atoms with Gasteiger partial charge in [0.1, 0.15) is 17.1 Å². The summed E-state index contributed by atoms with van der Waals surface area (Å²) < 4.78 is 38.1. The maximum absolute atomic E-state index is 13.7. The van der Waals surface area contributed by atoms with Gasteiger partial charge in [-0.15, -0.1) is 0 Å². The van der Waals surface area contributed by atoms with Gasteiger partial charge in [-0.05, 0) is 29.8 Å². The van der Waals surface area contributed by atoms with Crippen LogP contribution >= 0.6 is 0 Å². The van der Waals surface area contributed by atoms with Crippen LogP contribution in [-0.2, 0) is 0 Å². The number of ether oxygens (including phenoxy) is 1. The van der Waals surface area contributed by atoms with Crippen molar-refractivity contribution in [3.63, 3.8) is 0 Å². The van der Waals surface area contributed by atoms with E-state index in [-0.39, 0.29) is 11.6 Å². The van der Waals surface area contributed by atoms with Crippen molar-refractivity contribution >= 4 is 22.5 Å². The van der Waals surface area contributed by atoms with Crippen molar-refractivity contribution in [2.75, 3.05) is 18.6 Å². The van der Waals surface area contributed by atoms with E-state index in [9.17, 15) is 8.78 Å². The normalized spacial score (nSPS) is 11.1. The van der Waals surface area contributed by atoms with Crippen LogP contribution in [0.1, 0.15) is 0 Å². The Morgan fingerprint density at radius 1 is 1.00 bits per heavy atom. The number of nitrogens with two attached hydrogens (primary N) is 2. The molecule has 2 aromatic heterocycles. The summed E-state index contributed by atoms with van der Waals surface area (Å²) in [5.74, 6) is -1.28. The largest absolute Gasteiger partial charge is 0.496 e. The van der Waals surface area contributed by atoms with Crippen molar-refractivity contribution in [1.82, 2.24) is 4.98 Å². The Morgan fingerprint density at radius 3 is 2.52 bits per heavy atom. The molecule has 0 saturated heterocycles. The molecule has 0 bridgehead atoms. The van der Waals surface area contributed by atoms with Gasteiger partial charge in [-0.1, -0.05) is 18.2 Å². The molecule has 0 saturated carbocycles. The van der Waals surface area contributed by atoms with Gasteiger partial charge in [-0.2, -0.15) is 0 Å². The van der Waals surface area contributed by atoms with Gasteiger partial charge in [-0.25, -0.2) is 8.78 Å². The predicted octanol–water partition coefficient (Wildman–Crippen LogP) is 4.61. The highest BCUT2D eigenvalue weighted by molar-refractivity contribution is 6.09. The first-order valence-corrected chi connectivity index (χ1v) is 8.06. The van der Waals surface area contributed by atoms with Crippen molar-refractivity contribution in [1.29, 1.82) is 0 Å². The first-order valence-electron chi connectivity index (χ1n) is 8.06. The SMILES string of the molecule is COc1ccccc1-c1ncc(-c2ccc(F)c(F)c2)c2c(N)c(N)oc12. The monoisotopic (exact) mass is 367 g/mol. The zero-order valence-electron chi connectivity index (χ0n) is 14.3. The first kappa shape index (κ1) is 16.8. The number of para-hydroxylation sites is 1. The Labute approximate surface area is 153 Å². The van der Waals surface area contributed by atoms with E-state index in [0.29, 0.717) is 39.1 Å². The number of hydrogen-bond acceptors (Lipinski definition) is 5. The molecule has 4 N–H and O–H groups in total. The highest BCUT2D eigenvalue weighted by Gasteiger charge is 2.21. The summed E-state index contributed by atoms with van der Waals surface area (Å²) in [6.07, 6.45) is 1.53. The van der Waals surface area contributed by atoms with Crippen LogP contribution in [0.3, 0.4) is 0 Å². The Kier molecular flexibility index (Phi) is 3.92. The molecule has 4 rings (SSSR count). The van der Waals surface area contributed by atoms with Crippen molar-refractivity contribution in [2.24, 2.45) is 0 Å². The molecule has 4 aromatic rings. The van der Waals surface area contributed by atoms with E-state index in [1.165, 1.54) is 12.3 Å². The molecule has 0 aliphatic heterocycles. The summed E-state index contributed by atoms with van der Waals surface area (Å²) in [5.41, 5.74) is 14.6. The summed E-state index contributed by atoms with van der Waals surface area (Å²) in [7, 11) is 1.55. The lowest BCUT2D eigenvalue weighted by atomic mass is 10.00. The zero-order valence-corrected chi connectivity index (χ0v) is 14.3. The number of anilines is 2. The molecule has 0 fully saturated rings. The van der Waals surface area contributed by atoms with Crippen molar-refractivity contribution in [3.05, 3.63) is 60.3 Å². The molecule has 0 amide bonds. The van der Waals surface area contributed by atoms with Crippen LogP contribution in [-0.4, -0.2) is 12.1 Å². The van der Waals surface area contributed by atoms with E-state index in [1.54, 1.807) is 13.2 Å². The average molecular weight is 367 g/mol. The van der Waals surface area contributed by atoms with Crippen LogP contribution < -0.4 is 16.2 Å². The number of nitrogens with zero attached hydrogens (tertiary/aromatic N) is 1. The third-order valence-electron chi connectivity index (χ3n) is 4.37. The second-order valence-electron chi connectivity index (χ2n) is 5.93. The van der Waals surface area contributed by atoms with E-state index >= 15 is 0 Å². The van der Waals surface area contributed by atoms with Gasteiger partial charge in [0.2, 0.25) is 5.88 Å². The predicted molar refractivity (Wildman–Crippen MR) is 100 cm³/mol. The van der Waals surface area contributed by atoms with E-state index in [1.807, 2.05) is 18.2 Å². The van der Waals surface area contributed by atoms with E-state index in [2.05, 4.69) is 4.98 Å². The molecule has 0 unspecified atom stereocenters. The number of methoxy groups -OCH3 is 1. The highest BCUT2D eigenvalue weighted by Crippen LogP contribution is 2.43. The minimum Gasteiger partial charge on any atom is -0.496 e. The fraction of sp³-hybridized carbons (Fsp3) is 0.0500. The van der Waals surface area contributed by atoms with E-state index < -0.39 is 11.6 Å². The zero-order chi connectivity index (χ0) is 19.1. The lowest BCUT2D eigenvalue weighted by Gasteiger charge is -2.10. The van der Waals surface area contributed by atoms with Crippen LogP contribution in [0.4, 0.5) is 20.4 Å².